The fraction of sp³-hybridized carbons (Fsp3) is 0.731. The van der Waals surface area contributed by atoms with E-state index in [0.717, 1.165) is 5.57 Å². The molecule has 3 saturated carbocycles. The molecule has 1 saturated heterocycles. The summed E-state index contributed by atoms with van der Waals surface area (Å²) in [7, 11) is 0. The van der Waals surface area contributed by atoms with Gasteiger partial charge in [0.05, 0.1) is 12.2 Å². The molecule has 7 nitrogen and oxygen atoms in total. The number of halogens is 1. The van der Waals surface area contributed by atoms with Crippen molar-refractivity contribution in [3.05, 3.63) is 23.8 Å². The van der Waals surface area contributed by atoms with Crippen molar-refractivity contribution in [3.63, 3.8) is 0 Å². The van der Waals surface area contributed by atoms with Crippen molar-refractivity contribution in [2.75, 3.05) is 6.61 Å². The molecule has 0 unspecified atom stereocenters. The van der Waals surface area contributed by atoms with Gasteiger partial charge in [-0.25, -0.2) is 0 Å². The van der Waals surface area contributed by atoms with Gasteiger partial charge >= 0.3 is 5.97 Å². The topological polar surface area (TPSA) is 99.1 Å². The van der Waals surface area contributed by atoms with E-state index in [1.165, 1.54) is 6.92 Å². The fourth-order valence-corrected chi connectivity index (χ4v) is 9.16. The second-order valence-electron chi connectivity index (χ2n) is 11.6. The second-order valence-corrected chi connectivity index (χ2v) is 12.8. The molecule has 0 bridgehead atoms. The standard InChI is InChI=1S/C26H33BrO7/c1-13(28)32-12-19(31)26-20(33-23(2,3)34-26)10-16-21-17(27)9-14-8-15(29)6-7-24(14,4)22(21)18(30)11-25(16,26)5/h6-8,16-18,20-22,30H,9-12H2,1-5H3/t16-,17+,18-,20+,21+,22-,24-,25-,26+/m0/s1. The van der Waals surface area contributed by atoms with Crippen LogP contribution in [0.3, 0.4) is 0 Å². The van der Waals surface area contributed by atoms with Gasteiger partial charge in [-0.05, 0) is 57.1 Å². The van der Waals surface area contributed by atoms with Crippen LogP contribution in [-0.2, 0) is 28.6 Å². The van der Waals surface area contributed by atoms with Crippen LogP contribution in [0.15, 0.2) is 23.8 Å². The summed E-state index contributed by atoms with van der Waals surface area (Å²) in [6.45, 7) is 8.62. The van der Waals surface area contributed by atoms with Crippen LogP contribution in [0.4, 0.5) is 0 Å². The van der Waals surface area contributed by atoms with Crippen molar-refractivity contribution in [2.24, 2.45) is 28.6 Å². The molecular formula is C26H33BrO7. The Bertz CT molecular complexity index is 1020. The van der Waals surface area contributed by atoms with Crippen LogP contribution in [0.25, 0.3) is 0 Å². The van der Waals surface area contributed by atoms with Crippen molar-refractivity contribution in [2.45, 2.75) is 82.3 Å². The van der Waals surface area contributed by atoms with Crippen LogP contribution in [0.2, 0.25) is 0 Å². The lowest BCUT2D eigenvalue weighted by Crippen LogP contribution is -2.65. The van der Waals surface area contributed by atoms with Crippen molar-refractivity contribution in [1.29, 1.82) is 0 Å². The lowest BCUT2D eigenvalue weighted by molar-refractivity contribution is -0.225. The highest BCUT2D eigenvalue weighted by atomic mass is 79.9. The molecule has 0 spiro atoms. The molecule has 34 heavy (non-hydrogen) atoms. The summed E-state index contributed by atoms with van der Waals surface area (Å²) in [5.41, 5.74) is -1.43. The highest BCUT2D eigenvalue weighted by Crippen LogP contribution is 2.71. The number of aliphatic hydroxyl groups excluding tert-OH is 1. The zero-order valence-electron chi connectivity index (χ0n) is 20.3. The van der Waals surface area contributed by atoms with Crippen molar-refractivity contribution >= 4 is 33.5 Å². The van der Waals surface area contributed by atoms with E-state index in [9.17, 15) is 19.5 Å². The van der Waals surface area contributed by atoms with Gasteiger partial charge in [0.15, 0.2) is 23.8 Å². The maximum atomic E-state index is 13.7. The van der Waals surface area contributed by atoms with Crippen molar-refractivity contribution in [1.82, 2.24) is 0 Å². The van der Waals surface area contributed by atoms with Gasteiger partial charge in [-0.15, -0.1) is 0 Å². The minimum atomic E-state index is -1.31. The summed E-state index contributed by atoms with van der Waals surface area (Å²) in [5.74, 6) is -1.89. The average Bonchev–Trinajstić information content (AvgIpc) is 3.13. The van der Waals surface area contributed by atoms with Gasteiger partial charge in [0, 0.05) is 28.5 Å². The highest BCUT2D eigenvalue weighted by Gasteiger charge is 2.77. The number of Topliss-reactive ketones (excluding diaryl/α,β-unsaturated/α-hetero) is 1. The number of ketones is 2. The Labute approximate surface area is 208 Å². The Morgan fingerprint density at radius 3 is 2.65 bits per heavy atom. The minimum absolute atomic E-state index is 0.0183. The molecule has 186 valence electrons. The summed E-state index contributed by atoms with van der Waals surface area (Å²) in [4.78, 5) is 37.4. The number of alkyl halides is 1. The minimum Gasteiger partial charge on any atom is -0.458 e. The molecule has 0 amide bonds. The number of carbonyl (C=O) groups is 3. The molecule has 1 heterocycles. The van der Waals surface area contributed by atoms with Crippen LogP contribution < -0.4 is 0 Å². The van der Waals surface area contributed by atoms with E-state index in [1.54, 1.807) is 26.0 Å². The molecule has 8 heteroatoms. The normalized spacial score (nSPS) is 48.3. The quantitative estimate of drug-likeness (QED) is 0.436. The molecule has 4 aliphatic carbocycles. The summed E-state index contributed by atoms with van der Waals surface area (Å²) in [6.07, 6.45) is 5.72. The summed E-state index contributed by atoms with van der Waals surface area (Å²) in [5, 5.41) is 11.7. The van der Waals surface area contributed by atoms with Crippen molar-refractivity contribution in [3.8, 4) is 0 Å². The number of allylic oxidation sites excluding steroid dienone is 4. The largest absolute Gasteiger partial charge is 0.458 e. The molecule has 4 fully saturated rings. The Balaban J connectivity index is 1.59. The molecule has 9 atom stereocenters. The predicted molar refractivity (Wildman–Crippen MR) is 126 cm³/mol. The number of esters is 1. The van der Waals surface area contributed by atoms with Crippen LogP contribution in [0.5, 0.6) is 0 Å². The first-order valence-electron chi connectivity index (χ1n) is 12.1. The number of rotatable bonds is 3. The number of ether oxygens (including phenoxy) is 3. The second kappa shape index (κ2) is 7.58. The molecule has 1 N–H and O–H groups in total. The number of aliphatic hydroxyl groups is 1. The number of fused-ring (bicyclic) bond motifs is 7. The number of hydrogen-bond acceptors (Lipinski definition) is 7. The van der Waals surface area contributed by atoms with Gasteiger partial charge in [-0.2, -0.15) is 0 Å². The summed E-state index contributed by atoms with van der Waals surface area (Å²) in [6, 6.07) is 0. The smallest absolute Gasteiger partial charge is 0.303 e. The third kappa shape index (κ3) is 3.14. The van der Waals surface area contributed by atoms with Gasteiger partial charge in [-0.3, -0.25) is 14.4 Å². The van der Waals surface area contributed by atoms with E-state index in [1.807, 2.05) is 13.0 Å². The van der Waals surface area contributed by atoms with Crippen LogP contribution >= 0.6 is 15.9 Å². The van der Waals surface area contributed by atoms with E-state index in [2.05, 4.69) is 22.9 Å². The lowest BCUT2D eigenvalue weighted by Gasteiger charge is -2.61. The molecule has 5 aliphatic rings. The summed E-state index contributed by atoms with van der Waals surface area (Å²) >= 11 is 3.91. The first-order chi connectivity index (χ1) is 15.7. The Morgan fingerprint density at radius 2 is 1.97 bits per heavy atom. The first-order valence-corrected chi connectivity index (χ1v) is 13.0. The van der Waals surface area contributed by atoms with Gasteiger partial charge in [0.2, 0.25) is 5.78 Å². The van der Waals surface area contributed by atoms with Crippen LogP contribution in [0, 0.1) is 28.6 Å². The lowest BCUT2D eigenvalue weighted by atomic mass is 9.46. The van der Waals surface area contributed by atoms with Gasteiger partial charge in [0.1, 0.15) is 0 Å². The molecular weight excluding hydrogens is 504 g/mol. The molecule has 0 aromatic carbocycles. The maximum Gasteiger partial charge on any atom is 0.303 e. The van der Waals surface area contributed by atoms with E-state index in [4.69, 9.17) is 14.2 Å². The molecule has 5 rings (SSSR count). The van der Waals surface area contributed by atoms with E-state index >= 15 is 0 Å². The summed E-state index contributed by atoms with van der Waals surface area (Å²) < 4.78 is 17.9. The number of hydrogen-bond donors (Lipinski definition) is 1. The molecule has 0 radical (unpaired) electrons. The monoisotopic (exact) mass is 536 g/mol. The zero-order chi connectivity index (χ0) is 24.8. The molecule has 0 aromatic rings. The third-order valence-corrected chi connectivity index (χ3v) is 10.2. The van der Waals surface area contributed by atoms with E-state index in [0.29, 0.717) is 19.3 Å². The van der Waals surface area contributed by atoms with Crippen LogP contribution in [0.1, 0.15) is 53.9 Å². The molecule has 1 aliphatic heterocycles. The Morgan fingerprint density at radius 1 is 1.26 bits per heavy atom. The van der Waals surface area contributed by atoms with E-state index < -0.39 is 40.4 Å². The van der Waals surface area contributed by atoms with Crippen LogP contribution in [-0.4, -0.2) is 57.7 Å². The first kappa shape index (κ1) is 24.3. The van der Waals surface area contributed by atoms with E-state index in [-0.39, 0.29) is 40.8 Å². The SMILES string of the molecule is CC(=O)OCC(=O)[C@@]12OC(C)(C)O[C@@H]1C[C@H]1[C@H]3[C@H]([C@@H](O)C[C@@]12C)[C@@]1(C)C=CC(=O)C=C1C[C@H]3Br. The maximum absolute atomic E-state index is 13.7. The number of carbonyl (C=O) groups excluding carboxylic acids is 3. The Kier molecular flexibility index (Phi) is 5.42. The fourth-order valence-electron chi connectivity index (χ4n) is 8.11. The predicted octanol–water partition coefficient (Wildman–Crippen LogP) is 3.27. The van der Waals surface area contributed by atoms with Crippen molar-refractivity contribution < 1.29 is 33.7 Å². The molecule has 0 aromatic heterocycles. The van der Waals surface area contributed by atoms with Gasteiger partial charge < -0.3 is 19.3 Å². The van der Waals surface area contributed by atoms with Gasteiger partial charge in [-0.1, -0.05) is 41.4 Å². The Hall–Kier alpha value is -1.35. The highest BCUT2D eigenvalue weighted by molar-refractivity contribution is 9.09. The third-order valence-electron chi connectivity index (χ3n) is 9.30. The average molecular weight is 537 g/mol. The van der Waals surface area contributed by atoms with Gasteiger partial charge in [0.25, 0.3) is 0 Å². The zero-order valence-corrected chi connectivity index (χ0v) is 21.9.